The van der Waals surface area contributed by atoms with E-state index < -0.39 is 5.97 Å². The van der Waals surface area contributed by atoms with E-state index in [0.717, 1.165) is 42.5 Å². The number of anilines is 1. The average Bonchev–Trinajstić information content (AvgIpc) is 3.23. The Morgan fingerprint density at radius 1 is 1.19 bits per heavy atom. The van der Waals surface area contributed by atoms with Crippen LogP contribution >= 0.6 is 11.3 Å². The van der Waals surface area contributed by atoms with Gasteiger partial charge in [-0.3, -0.25) is 4.79 Å². The third-order valence-corrected chi connectivity index (χ3v) is 6.04. The van der Waals surface area contributed by atoms with E-state index in [1.807, 2.05) is 30.5 Å². The summed E-state index contributed by atoms with van der Waals surface area (Å²) in [6.07, 6.45) is 2.29. The SMILES string of the molecule is COC(=O)c1scc(C)c1NC(=O)C[N+]1(Cc2ccccc2)CCCC1. The summed E-state index contributed by atoms with van der Waals surface area (Å²) in [5, 5.41) is 4.83. The first-order valence-electron chi connectivity index (χ1n) is 8.88. The standard InChI is InChI=1S/C20H24N2O3S/c1-15-14-26-19(20(24)25-2)18(15)21-17(23)13-22(10-6-7-11-22)12-16-8-4-3-5-9-16/h3-5,8-9,14H,6-7,10-13H2,1-2H3/p+1. The Morgan fingerprint density at radius 2 is 1.88 bits per heavy atom. The maximum absolute atomic E-state index is 12.8. The molecule has 26 heavy (non-hydrogen) atoms. The molecule has 1 aliphatic rings. The van der Waals surface area contributed by atoms with Crippen LogP contribution in [0.1, 0.15) is 33.6 Å². The van der Waals surface area contributed by atoms with Crippen LogP contribution in [0.2, 0.25) is 0 Å². The highest BCUT2D eigenvalue weighted by Crippen LogP contribution is 2.29. The number of aryl methyl sites for hydroxylation is 1. The lowest BCUT2D eigenvalue weighted by Gasteiger charge is -2.33. The predicted octanol–water partition coefficient (Wildman–Crippen LogP) is 3.59. The molecule has 138 valence electrons. The summed E-state index contributed by atoms with van der Waals surface area (Å²) in [5.74, 6) is -0.456. The van der Waals surface area contributed by atoms with E-state index in [0.29, 0.717) is 17.1 Å². The predicted molar refractivity (Wildman–Crippen MR) is 103 cm³/mol. The average molecular weight is 373 g/mol. The van der Waals surface area contributed by atoms with Crippen molar-refractivity contribution < 1.29 is 18.8 Å². The molecule has 2 heterocycles. The number of esters is 1. The maximum Gasteiger partial charge on any atom is 0.350 e. The van der Waals surface area contributed by atoms with Gasteiger partial charge in [-0.25, -0.2) is 4.79 Å². The van der Waals surface area contributed by atoms with Gasteiger partial charge >= 0.3 is 5.97 Å². The number of carbonyl (C=O) groups is 2. The zero-order valence-electron chi connectivity index (χ0n) is 15.3. The van der Waals surface area contributed by atoms with E-state index in [1.54, 1.807) is 0 Å². The van der Waals surface area contributed by atoms with Gasteiger partial charge in [-0.05, 0) is 17.9 Å². The van der Waals surface area contributed by atoms with Gasteiger partial charge in [0.1, 0.15) is 11.4 Å². The summed E-state index contributed by atoms with van der Waals surface area (Å²) in [6, 6.07) is 10.3. The zero-order valence-corrected chi connectivity index (χ0v) is 16.1. The van der Waals surface area contributed by atoms with Crippen LogP contribution in [0.5, 0.6) is 0 Å². The summed E-state index contributed by atoms with van der Waals surface area (Å²) >= 11 is 1.30. The van der Waals surface area contributed by atoms with E-state index in [1.165, 1.54) is 24.0 Å². The number of methoxy groups -OCH3 is 1. The minimum Gasteiger partial charge on any atom is -0.465 e. The van der Waals surface area contributed by atoms with Crippen molar-refractivity contribution in [3.05, 3.63) is 51.7 Å². The van der Waals surface area contributed by atoms with Crippen molar-refractivity contribution in [3.8, 4) is 0 Å². The molecule has 1 amide bonds. The molecule has 0 unspecified atom stereocenters. The Kier molecular flexibility index (Phi) is 5.74. The van der Waals surface area contributed by atoms with Crippen LogP contribution < -0.4 is 5.32 Å². The van der Waals surface area contributed by atoms with Crippen LogP contribution in [0.4, 0.5) is 5.69 Å². The number of nitrogens with zero attached hydrogens (tertiary/aromatic N) is 1. The fraction of sp³-hybridized carbons (Fsp3) is 0.400. The number of benzene rings is 1. The minimum absolute atomic E-state index is 0.0468. The van der Waals surface area contributed by atoms with Gasteiger partial charge in [-0.15, -0.1) is 11.3 Å². The van der Waals surface area contributed by atoms with E-state index >= 15 is 0 Å². The maximum atomic E-state index is 12.8. The van der Waals surface area contributed by atoms with E-state index in [4.69, 9.17) is 4.74 Å². The number of likely N-dealkylation sites (tertiary alicyclic amines) is 1. The van der Waals surface area contributed by atoms with E-state index in [-0.39, 0.29) is 5.91 Å². The minimum atomic E-state index is -0.409. The normalized spacial score (nSPS) is 15.6. The van der Waals surface area contributed by atoms with Crippen LogP contribution in [0, 0.1) is 6.92 Å². The van der Waals surface area contributed by atoms with Gasteiger partial charge in [-0.1, -0.05) is 30.3 Å². The molecular formula is C20H25N2O3S+. The fourth-order valence-corrected chi connectivity index (χ4v) is 4.60. The molecule has 1 aromatic heterocycles. The third kappa shape index (κ3) is 4.14. The molecular weight excluding hydrogens is 348 g/mol. The van der Waals surface area contributed by atoms with Crippen molar-refractivity contribution in [2.75, 3.05) is 32.1 Å². The first kappa shape index (κ1) is 18.6. The number of hydrogen-bond acceptors (Lipinski definition) is 4. The molecule has 0 atom stereocenters. The second-order valence-electron chi connectivity index (χ2n) is 6.96. The highest BCUT2D eigenvalue weighted by molar-refractivity contribution is 7.12. The molecule has 0 aliphatic carbocycles. The first-order chi connectivity index (χ1) is 12.5. The fourth-order valence-electron chi connectivity index (χ4n) is 3.68. The Morgan fingerprint density at radius 3 is 2.54 bits per heavy atom. The Bertz CT molecular complexity index is 780. The molecule has 0 saturated carbocycles. The Hall–Kier alpha value is -2.18. The smallest absolute Gasteiger partial charge is 0.350 e. The summed E-state index contributed by atoms with van der Waals surface area (Å²) in [6.45, 7) is 5.19. The molecule has 1 fully saturated rings. The number of quaternary nitrogens is 1. The molecule has 0 radical (unpaired) electrons. The van der Waals surface area contributed by atoms with Gasteiger partial charge in [0.05, 0.1) is 25.9 Å². The van der Waals surface area contributed by atoms with Crippen LogP contribution in [0.25, 0.3) is 0 Å². The second-order valence-corrected chi connectivity index (χ2v) is 7.84. The molecule has 3 rings (SSSR count). The quantitative estimate of drug-likeness (QED) is 0.622. The number of thiophene rings is 1. The lowest BCUT2D eigenvalue weighted by Crippen LogP contribution is -2.49. The number of hydrogen-bond donors (Lipinski definition) is 1. The van der Waals surface area contributed by atoms with E-state index in [9.17, 15) is 9.59 Å². The van der Waals surface area contributed by atoms with Gasteiger partial charge < -0.3 is 14.5 Å². The molecule has 1 aliphatic heterocycles. The summed E-state index contributed by atoms with van der Waals surface area (Å²) in [5.41, 5.74) is 2.73. The summed E-state index contributed by atoms with van der Waals surface area (Å²) < 4.78 is 5.59. The van der Waals surface area contributed by atoms with Gasteiger partial charge in [0.15, 0.2) is 6.54 Å². The molecule has 1 aromatic carbocycles. The monoisotopic (exact) mass is 373 g/mol. The Labute approximate surface area is 158 Å². The van der Waals surface area contributed by atoms with Crippen molar-refractivity contribution in [1.29, 1.82) is 0 Å². The van der Waals surface area contributed by atoms with Crippen LogP contribution in [0.3, 0.4) is 0 Å². The molecule has 5 nitrogen and oxygen atoms in total. The van der Waals surface area contributed by atoms with E-state index in [2.05, 4.69) is 17.4 Å². The number of carbonyl (C=O) groups excluding carboxylic acids is 2. The van der Waals surface area contributed by atoms with Crippen LogP contribution in [0.15, 0.2) is 35.7 Å². The lowest BCUT2D eigenvalue weighted by atomic mass is 10.2. The van der Waals surface area contributed by atoms with Crippen LogP contribution in [-0.2, 0) is 16.1 Å². The largest absolute Gasteiger partial charge is 0.465 e. The van der Waals surface area contributed by atoms with Gasteiger partial charge in [-0.2, -0.15) is 0 Å². The molecule has 0 bridgehead atoms. The number of amides is 1. The zero-order chi connectivity index (χ0) is 18.6. The number of ether oxygens (including phenoxy) is 1. The number of rotatable bonds is 6. The third-order valence-electron chi connectivity index (χ3n) is 4.96. The molecule has 6 heteroatoms. The van der Waals surface area contributed by atoms with Crippen molar-refractivity contribution in [1.82, 2.24) is 0 Å². The topological polar surface area (TPSA) is 55.4 Å². The highest BCUT2D eigenvalue weighted by atomic mass is 32.1. The molecule has 1 N–H and O–H groups in total. The van der Waals surface area contributed by atoms with Crippen molar-refractivity contribution in [3.63, 3.8) is 0 Å². The molecule has 1 saturated heterocycles. The lowest BCUT2D eigenvalue weighted by molar-refractivity contribution is -0.922. The van der Waals surface area contributed by atoms with Crippen LogP contribution in [-0.4, -0.2) is 43.1 Å². The van der Waals surface area contributed by atoms with Crippen molar-refractivity contribution in [2.45, 2.75) is 26.3 Å². The van der Waals surface area contributed by atoms with Gasteiger partial charge in [0.2, 0.25) is 0 Å². The highest BCUT2D eigenvalue weighted by Gasteiger charge is 2.35. The van der Waals surface area contributed by atoms with Gasteiger partial charge in [0, 0.05) is 18.4 Å². The first-order valence-corrected chi connectivity index (χ1v) is 9.76. The number of nitrogens with one attached hydrogen (secondary N) is 1. The summed E-state index contributed by atoms with van der Waals surface area (Å²) in [7, 11) is 1.35. The van der Waals surface area contributed by atoms with Gasteiger partial charge in [0.25, 0.3) is 5.91 Å². The summed E-state index contributed by atoms with van der Waals surface area (Å²) in [4.78, 5) is 25.2. The Balaban J connectivity index is 1.74. The second kappa shape index (κ2) is 8.01. The van der Waals surface area contributed by atoms with Crippen molar-refractivity contribution >= 4 is 28.9 Å². The molecule has 0 spiro atoms. The van der Waals surface area contributed by atoms with Crippen molar-refractivity contribution in [2.24, 2.45) is 0 Å². The molecule has 2 aromatic rings.